The minimum absolute atomic E-state index is 0.0473. The minimum Gasteiger partial charge on any atom is -0.382 e. The fourth-order valence-corrected chi connectivity index (χ4v) is 1.68. The number of ether oxygens (including phenoxy) is 2. The quantitative estimate of drug-likeness (QED) is 0.618. The molecule has 1 aliphatic heterocycles. The lowest BCUT2D eigenvalue weighted by Gasteiger charge is -2.31. The Bertz CT molecular complexity index is 276. The van der Waals surface area contributed by atoms with Gasteiger partial charge >= 0.3 is 0 Å². The molecule has 6 nitrogen and oxygen atoms in total. The molecule has 1 fully saturated rings. The Hall–Kier alpha value is -0.820. The molecule has 0 unspecified atom stereocenters. The molecule has 0 bridgehead atoms. The van der Waals surface area contributed by atoms with Gasteiger partial charge in [0.2, 0.25) is 0 Å². The largest absolute Gasteiger partial charge is 0.382 e. The van der Waals surface area contributed by atoms with Crippen molar-refractivity contribution in [2.45, 2.75) is 13.8 Å². The van der Waals surface area contributed by atoms with E-state index in [1.54, 1.807) is 14.0 Å². The molecule has 0 aliphatic carbocycles. The van der Waals surface area contributed by atoms with E-state index in [0.717, 1.165) is 26.2 Å². The van der Waals surface area contributed by atoms with E-state index in [-0.39, 0.29) is 18.2 Å². The molecule has 1 saturated heterocycles. The molecule has 1 rings (SSSR count). The number of carbonyl (C=O) groups is 2. The standard InChI is InChI=1S/C8H16N2O.C6H12O3/c1-8(11)7-10-5-3-9(2)4-6-10;1-6(7)5-9-4-3-8-2/h3-7H2,1-2H3;3-5H2,1-2H3. The summed E-state index contributed by atoms with van der Waals surface area (Å²) in [5.74, 6) is 0.320. The van der Waals surface area contributed by atoms with Crippen LogP contribution in [0.5, 0.6) is 0 Å². The van der Waals surface area contributed by atoms with E-state index in [4.69, 9.17) is 4.74 Å². The highest BCUT2D eigenvalue weighted by molar-refractivity contribution is 5.77. The Morgan fingerprint density at radius 2 is 1.60 bits per heavy atom. The third-order valence-electron chi connectivity index (χ3n) is 2.78. The normalized spacial score (nSPS) is 16.4. The summed E-state index contributed by atoms with van der Waals surface area (Å²) < 4.78 is 9.55. The number of rotatable bonds is 7. The molecule has 0 aromatic rings. The summed E-state index contributed by atoms with van der Waals surface area (Å²) in [4.78, 5) is 25.5. The van der Waals surface area contributed by atoms with Crippen LogP contribution < -0.4 is 0 Å². The first-order valence-electron chi connectivity index (χ1n) is 6.92. The van der Waals surface area contributed by atoms with E-state index < -0.39 is 0 Å². The van der Waals surface area contributed by atoms with Crippen molar-refractivity contribution in [1.82, 2.24) is 9.80 Å². The molecule has 0 amide bonds. The Labute approximate surface area is 122 Å². The zero-order valence-corrected chi connectivity index (χ0v) is 13.2. The van der Waals surface area contributed by atoms with Crippen molar-refractivity contribution in [2.24, 2.45) is 0 Å². The van der Waals surface area contributed by atoms with Crippen molar-refractivity contribution in [2.75, 3.05) is 66.7 Å². The maximum atomic E-state index is 10.7. The molecule has 1 aliphatic rings. The van der Waals surface area contributed by atoms with Crippen LogP contribution in [0.25, 0.3) is 0 Å². The molecule has 0 radical (unpaired) electrons. The van der Waals surface area contributed by atoms with Crippen LogP contribution in [0.15, 0.2) is 0 Å². The monoisotopic (exact) mass is 288 g/mol. The number of likely N-dealkylation sites (N-methyl/N-ethyl adjacent to an activating group) is 1. The highest BCUT2D eigenvalue weighted by atomic mass is 16.5. The van der Waals surface area contributed by atoms with Gasteiger partial charge in [0.05, 0.1) is 19.8 Å². The summed E-state index contributed by atoms with van der Waals surface area (Å²) in [6, 6.07) is 0. The number of Topliss-reactive ketones (excluding diaryl/α,β-unsaturated/α-hetero) is 2. The van der Waals surface area contributed by atoms with E-state index in [0.29, 0.717) is 19.8 Å². The van der Waals surface area contributed by atoms with Gasteiger partial charge in [-0.15, -0.1) is 0 Å². The van der Waals surface area contributed by atoms with Gasteiger partial charge in [0.15, 0.2) is 5.78 Å². The summed E-state index contributed by atoms with van der Waals surface area (Å²) in [6.07, 6.45) is 0. The van der Waals surface area contributed by atoms with Crippen molar-refractivity contribution >= 4 is 11.6 Å². The van der Waals surface area contributed by atoms with Crippen LogP contribution in [-0.4, -0.2) is 88.1 Å². The van der Waals surface area contributed by atoms with Gasteiger partial charge in [0.1, 0.15) is 12.4 Å². The molecule has 0 aromatic heterocycles. The fourth-order valence-electron chi connectivity index (χ4n) is 1.68. The van der Waals surface area contributed by atoms with Crippen LogP contribution >= 0.6 is 0 Å². The van der Waals surface area contributed by atoms with Gasteiger partial charge in [-0.1, -0.05) is 0 Å². The van der Waals surface area contributed by atoms with E-state index in [1.165, 1.54) is 6.92 Å². The third kappa shape index (κ3) is 12.2. The van der Waals surface area contributed by atoms with Crippen molar-refractivity contribution in [3.63, 3.8) is 0 Å². The van der Waals surface area contributed by atoms with Crippen molar-refractivity contribution in [3.05, 3.63) is 0 Å². The van der Waals surface area contributed by atoms with Gasteiger partial charge in [-0.2, -0.15) is 0 Å². The first kappa shape index (κ1) is 19.2. The van der Waals surface area contributed by atoms with E-state index in [9.17, 15) is 9.59 Å². The summed E-state index contributed by atoms with van der Waals surface area (Å²) in [5.41, 5.74) is 0. The van der Waals surface area contributed by atoms with Crippen LogP contribution in [0.1, 0.15) is 13.8 Å². The first-order valence-corrected chi connectivity index (χ1v) is 6.92. The van der Waals surface area contributed by atoms with Gasteiger partial charge in [-0.3, -0.25) is 14.5 Å². The maximum Gasteiger partial charge on any atom is 0.155 e. The van der Waals surface area contributed by atoms with Gasteiger partial charge in [0, 0.05) is 33.3 Å². The first-order chi connectivity index (χ1) is 9.45. The number of ketones is 2. The second-order valence-corrected chi connectivity index (χ2v) is 5.03. The van der Waals surface area contributed by atoms with Crippen LogP contribution in [0.4, 0.5) is 0 Å². The highest BCUT2D eigenvalue weighted by Crippen LogP contribution is 1.97. The summed E-state index contributed by atoms with van der Waals surface area (Å²) >= 11 is 0. The van der Waals surface area contributed by atoms with E-state index in [1.807, 2.05) is 0 Å². The lowest BCUT2D eigenvalue weighted by Crippen LogP contribution is -2.45. The highest BCUT2D eigenvalue weighted by Gasteiger charge is 2.13. The van der Waals surface area contributed by atoms with Crippen molar-refractivity contribution < 1.29 is 19.1 Å². The fraction of sp³-hybridized carbons (Fsp3) is 0.857. The molecular formula is C14H28N2O4. The Kier molecular flexibility index (Phi) is 11.5. The number of carbonyl (C=O) groups excluding carboxylic acids is 2. The van der Waals surface area contributed by atoms with Crippen LogP contribution in [-0.2, 0) is 19.1 Å². The SMILES string of the molecule is CC(=O)CN1CCN(C)CC1.COCCOCC(C)=O. The predicted molar refractivity (Wildman–Crippen MR) is 78.0 cm³/mol. The third-order valence-corrected chi connectivity index (χ3v) is 2.78. The summed E-state index contributed by atoms with van der Waals surface area (Å²) in [7, 11) is 3.71. The average molecular weight is 288 g/mol. The number of methoxy groups -OCH3 is 1. The molecule has 1 heterocycles. The molecule has 118 valence electrons. The molecule has 0 N–H and O–H groups in total. The lowest BCUT2D eigenvalue weighted by atomic mass is 10.3. The number of hydrogen-bond acceptors (Lipinski definition) is 6. The van der Waals surface area contributed by atoms with Crippen LogP contribution in [0.3, 0.4) is 0 Å². The summed E-state index contributed by atoms with van der Waals surface area (Å²) in [5, 5.41) is 0. The van der Waals surface area contributed by atoms with Crippen LogP contribution in [0, 0.1) is 0 Å². The molecule has 0 spiro atoms. The molecule has 0 saturated carbocycles. The summed E-state index contributed by atoms with van der Waals surface area (Å²) in [6.45, 7) is 9.28. The van der Waals surface area contributed by atoms with Crippen LogP contribution in [0.2, 0.25) is 0 Å². The maximum absolute atomic E-state index is 10.7. The van der Waals surface area contributed by atoms with E-state index in [2.05, 4.69) is 21.6 Å². The van der Waals surface area contributed by atoms with Crippen molar-refractivity contribution in [3.8, 4) is 0 Å². The number of hydrogen-bond donors (Lipinski definition) is 0. The Balaban J connectivity index is 0.000000370. The van der Waals surface area contributed by atoms with Gasteiger partial charge in [0.25, 0.3) is 0 Å². The van der Waals surface area contributed by atoms with Gasteiger partial charge in [-0.05, 0) is 20.9 Å². The predicted octanol–water partition coefficient (Wildman–Crippen LogP) is 0.0612. The zero-order valence-electron chi connectivity index (χ0n) is 13.2. The van der Waals surface area contributed by atoms with Gasteiger partial charge < -0.3 is 14.4 Å². The topological polar surface area (TPSA) is 59.1 Å². The second-order valence-electron chi connectivity index (χ2n) is 5.03. The average Bonchev–Trinajstić information content (AvgIpc) is 2.37. The number of piperazine rings is 1. The Morgan fingerprint density at radius 3 is 2.05 bits per heavy atom. The lowest BCUT2D eigenvalue weighted by molar-refractivity contribution is -0.122. The molecule has 6 heteroatoms. The molecule has 0 aromatic carbocycles. The molecular weight excluding hydrogens is 260 g/mol. The Morgan fingerprint density at radius 1 is 1.00 bits per heavy atom. The van der Waals surface area contributed by atoms with E-state index >= 15 is 0 Å². The molecule has 20 heavy (non-hydrogen) atoms. The van der Waals surface area contributed by atoms with Crippen molar-refractivity contribution in [1.29, 1.82) is 0 Å². The van der Waals surface area contributed by atoms with Gasteiger partial charge in [-0.25, -0.2) is 0 Å². The number of nitrogens with zero attached hydrogens (tertiary/aromatic N) is 2. The zero-order chi connectivity index (χ0) is 15.4. The minimum atomic E-state index is 0.0473. The smallest absolute Gasteiger partial charge is 0.155 e. The second kappa shape index (κ2) is 12.0. The molecule has 0 atom stereocenters.